The van der Waals surface area contributed by atoms with Crippen molar-refractivity contribution in [3.63, 3.8) is 0 Å². The van der Waals surface area contributed by atoms with Crippen LogP contribution in [0.1, 0.15) is 12.5 Å². The van der Waals surface area contributed by atoms with Gasteiger partial charge in [0.15, 0.2) is 0 Å². The van der Waals surface area contributed by atoms with E-state index in [4.69, 9.17) is 9.47 Å². The fourth-order valence-corrected chi connectivity index (χ4v) is 3.57. The summed E-state index contributed by atoms with van der Waals surface area (Å²) in [6, 6.07) is 13.3. The number of piperazine rings is 1. The topological polar surface area (TPSA) is 83.1 Å². The highest BCUT2D eigenvalue weighted by molar-refractivity contribution is 5.95. The van der Waals surface area contributed by atoms with Crippen LogP contribution in [0.2, 0.25) is 0 Å². The summed E-state index contributed by atoms with van der Waals surface area (Å²) in [6.07, 6.45) is 0. The van der Waals surface area contributed by atoms with Crippen molar-refractivity contribution in [1.29, 1.82) is 0 Å². The lowest BCUT2D eigenvalue weighted by Gasteiger charge is -2.34. The molecule has 0 unspecified atom stereocenters. The minimum absolute atomic E-state index is 0.109. The van der Waals surface area contributed by atoms with Crippen LogP contribution in [0.25, 0.3) is 0 Å². The Morgan fingerprint density at radius 2 is 1.58 bits per heavy atom. The van der Waals surface area contributed by atoms with Crippen molar-refractivity contribution in [2.24, 2.45) is 0 Å². The van der Waals surface area contributed by atoms with Crippen molar-refractivity contribution in [3.8, 4) is 11.5 Å². The standard InChI is InChI=1S/C23H30N4O4/c1-17(28)24-19-6-9-22(31-3)21(14-19)25-23(29)16-27-12-10-26(11-13-27)15-18-4-7-20(30-2)8-5-18/h4-9,14H,10-13,15-16H2,1-3H3,(H,24,28)(H,25,29). The highest BCUT2D eigenvalue weighted by Crippen LogP contribution is 2.28. The summed E-state index contributed by atoms with van der Waals surface area (Å²) in [7, 11) is 3.21. The Labute approximate surface area is 183 Å². The highest BCUT2D eigenvalue weighted by Gasteiger charge is 2.20. The molecule has 2 amide bonds. The van der Waals surface area contributed by atoms with Gasteiger partial charge in [-0.15, -0.1) is 0 Å². The second-order valence-corrected chi connectivity index (χ2v) is 7.54. The van der Waals surface area contributed by atoms with E-state index in [1.165, 1.54) is 12.5 Å². The number of methoxy groups -OCH3 is 2. The third kappa shape index (κ3) is 6.70. The number of amides is 2. The summed E-state index contributed by atoms with van der Waals surface area (Å²) in [4.78, 5) is 28.4. The summed E-state index contributed by atoms with van der Waals surface area (Å²) < 4.78 is 10.5. The van der Waals surface area contributed by atoms with Crippen LogP contribution in [-0.2, 0) is 16.1 Å². The molecule has 1 saturated heterocycles. The predicted octanol–water partition coefficient (Wildman–Crippen LogP) is 2.42. The molecule has 0 aromatic heterocycles. The van der Waals surface area contributed by atoms with Gasteiger partial charge in [0, 0.05) is 45.3 Å². The number of hydrogen-bond donors (Lipinski definition) is 2. The van der Waals surface area contributed by atoms with Gasteiger partial charge in [0.05, 0.1) is 26.5 Å². The molecule has 1 aliphatic heterocycles. The summed E-state index contributed by atoms with van der Waals surface area (Å²) in [5.74, 6) is 1.13. The summed E-state index contributed by atoms with van der Waals surface area (Å²) in [6.45, 7) is 6.10. The van der Waals surface area contributed by atoms with Crippen LogP contribution in [0.5, 0.6) is 11.5 Å². The highest BCUT2D eigenvalue weighted by atomic mass is 16.5. The molecule has 0 saturated carbocycles. The lowest BCUT2D eigenvalue weighted by molar-refractivity contribution is -0.117. The van der Waals surface area contributed by atoms with Crippen molar-refractivity contribution in [2.75, 3.05) is 57.6 Å². The van der Waals surface area contributed by atoms with E-state index in [0.717, 1.165) is 38.5 Å². The number of nitrogens with zero attached hydrogens (tertiary/aromatic N) is 2. The van der Waals surface area contributed by atoms with Gasteiger partial charge in [0.1, 0.15) is 11.5 Å². The number of hydrogen-bond acceptors (Lipinski definition) is 6. The van der Waals surface area contributed by atoms with Crippen LogP contribution in [0, 0.1) is 0 Å². The van der Waals surface area contributed by atoms with Gasteiger partial charge < -0.3 is 20.1 Å². The number of benzene rings is 2. The van der Waals surface area contributed by atoms with E-state index in [-0.39, 0.29) is 11.8 Å². The molecule has 166 valence electrons. The molecule has 0 atom stereocenters. The monoisotopic (exact) mass is 426 g/mol. The van der Waals surface area contributed by atoms with Gasteiger partial charge in [-0.2, -0.15) is 0 Å². The molecule has 31 heavy (non-hydrogen) atoms. The number of rotatable bonds is 8. The molecule has 1 fully saturated rings. The van der Waals surface area contributed by atoms with Crippen LogP contribution in [0.15, 0.2) is 42.5 Å². The van der Waals surface area contributed by atoms with Crippen molar-refractivity contribution < 1.29 is 19.1 Å². The van der Waals surface area contributed by atoms with Gasteiger partial charge in [0.25, 0.3) is 0 Å². The molecule has 2 aromatic rings. The zero-order valence-corrected chi connectivity index (χ0v) is 18.3. The third-order valence-corrected chi connectivity index (χ3v) is 5.19. The summed E-state index contributed by atoms with van der Waals surface area (Å²) in [5.41, 5.74) is 2.39. The minimum atomic E-state index is -0.171. The predicted molar refractivity (Wildman–Crippen MR) is 121 cm³/mol. The zero-order chi connectivity index (χ0) is 22.2. The Morgan fingerprint density at radius 3 is 2.19 bits per heavy atom. The van der Waals surface area contributed by atoms with E-state index < -0.39 is 0 Å². The summed E-state index contributed by atoms with van der Waals surface area (Å²) in [5, 5.41) is 5.62. The number of nitrogens with one attached hydrogen (secondary N) is 2. The first-order chi connectivity index (χ1) is 15.0. The maximum Gasteiger partial charge on any atom is 0.238 e. The number of carbonyl (C=O) groups is 2. The fraction of sp³-hybridized carbons (Fsp3) is 0.391. The summed E-state index contributed by atoms with van der Waals surface area (Å²) >= 11 is 0. The lowest BCUT2D eigenvalue weighted by atomic mass is 10.2. The van der Waals surface area contributed by atoms with Crippen molar-refractivity contribution >= 4 is 23.2 Å². The average Bonchev–Trinajstić information content (AvgIpc) is 2.75. The van der Waals surface area contributed by atoms with Crippen molar-refractivity contribution in [3.05, 3.63) is 48.0 Å². The van der Waals surface area contributed by atoms with Crippen LogP contribution in [-0.4, -0.2) is 68.6 Å². The van der Waals surface area contributed by atoms with E-state index in [2.05, 4.69) is 32.6 Å². The van der Waals surface area contributed by atoms with Gasteiger partial charge >= 0.3 is 0 Å². The van der Waals surface area contributed by atoms with Crippen LogP contribution in [0.3, 0.4) is 0 Å². The van der Waals surface area contributed by atoms with E-state index in [1.807, 2.05) is 12.1 Å². The Morgan fingerprint density at radius 1 is 0.903 bits per heavy atom. The molecule has 2 aromatic carbocycles. The largest absolute Gasteiger partial charge is 0.497 e. The molecule has 1 heterocycles. The Kier molecular flexibility index (Phi) is 7.86. The fourth-order valence-electron chi connectivity index (χ4n) is 3.57. The maximum atomic E-state index is 12.6. The Hall–Kier alpha value is -3.10. The minimum Gasteiger partial charge on any atom is -0.497 e. The van der Waals surface area contributed by atoms with E-state index in [1.54, 1.807) is 32.4 Å². The third-order valence-electron chi connectivity index (χ3n) is 5.19. The lowest BCUT2D eigenvalue weighted by Crippen LogP contribution is -2.48. The average molecular weight is 427 g/mol. The zero-order valence-electron chi connectivity index (χ0n) is 18.3. The molecule has 0 spiro atoms. The van der Waals surface area contributed by atoms with E-state index >= 15 is 0 Å². The molecular formula is C23H30N4O4. The second kappa shape index (κ2) is 10.8. The normalized spacial score (nSPS) is 14.7. The van der Waals surface area contributed by atoms with Gasteiger partial charge in [0.2, 0.25) is 11.8 Å². The van der Waals surface area contributed by atoms with Gasteiger partial charge in [-0.25, -0.2) is 0 Å². The van der Waals surface area contributed by atoms with Crippen molar-refractivity contribution in [1.82, 2.24) is 9.80 Å². The molecule has 0 bridgehead atoms. The first kappa shape index (κ1) is 22.6. The molecule has 3 rings (SSSR count). The quantitative estimate of drug-likeness (QED) is 0.675. The van der Waals surface area contributed by atoms with Crippen LogP contribution < -0.4 is 20.1 Å². The second-order valence-electron chi connectivity index (χ2n) is 7.54. The van der Waals surface area contributed by atoms with Gasteiger partial charge in [-0.05, 0) is 35.9 Å². The van der Waals surface area contributed by atoms with Gasteiger partial charge in [-0.1, -0.05) is 12.1 Å². The Balaban J connectivity index is 1.49. The smallest absolute Gasteiger partial charge is 0.238 e. The number of ether oxygens (including phenoxy) is 2. The molecule has 2 N–H and O–H groups in total. The van der Waals surface area contributed by atoms with Crippen LogP contribution in [0.4, 0.5) is 11.4 Å². The molecular weight excluding hydrogens is 396 g/mol. The molecule has 8 nitrogen and oxygen atoms in total. The van der Waals surface area contributed by atoms with E-state index in [0.29, 0.717) is 23.7 Å². The van der Waals surface area contributed by atoms with Crippen LogP contribution >= 0.6 is 0 Å². The first-order valence-corrected chi connectivity index (χ1v) is 10.3. The number of carbonyl (C=O) groups excluding carboxylic acids is 2. The van der Waals surface area contributed by atoms with E-state index in [9.17, 15) is 9.59 Å². The number of anilines is 2. The van der Waals surface area contributed by atoms with Crippen molar-refractivity contribution in [2.45, 2.75) is 13.5 Å². The SMILES string of the molecule is COc1ccc(CN2CCN(CC(=O)Nc3cc(NC(C)=O)ccc3OC)CC2)cc1. The molecule has 8 heteroatoms. The first-order valence-electron chi connectivity index (χ1n) is 10.3. The Bertz CT molecular complexity index is 893. The molecule has 0 radical (unpaired) electrons. The molecule has 1 aliphatic rings. The molecule has 0 aliphatic carbocycles. The van der Waals surface area contributed by atoms with Gasteiger partial charge in [-0.3, -0.25) is 19.4 Å². The maximum absolute atomic E-state index is 12.6.